The lowest BCUT2D eigenvalue weighted by atomic mass is 9.85. The number of rotatable bonds is 7. The molecule has 1 N–H and O–H groups in total. The van der Waals surface area contributed by atoms with E-state index in [-0.39, 0.29) is 0 Å². The lowest BCUT2D eigenvalue weighted by Crippen LogP contribution is -2.44. The van der Waals surface area contributed by atoms with Crippen molar-refractivity contribution in [2.45, 2.75) is 50.6 Å². The Morgan fingerprint density at radius 2 is 1.57 bits per heavy atom. The molecule has 2 aromatic rings. The molecule has 148 valence electrons. The number of anilines is 1. The number of benzene rings is 2. The molecule has 2 atom stereocenters. The van der Waals surface area contributed by atoms with Gasteiger partial charge in [-0.1, -0.05) is 48.5 Å². The number of para-hydroxylation sites is 1. The second kappa shape index (κ2) is 8.78. The maximum Gasteiger partial charge on any atom is 0.411 e. The lowest BCUT2D eigenvalue weighted by molar-refractivity contribution is 0.103. The predicted octanol–water partition coefficient (Wildman–Crippen LogP) is 5.05. The van der Waals surface area contributed by atoms with Gasteiger partial charge in [-0.15, -0.1) is 0 Å². The summed E-state index contributed by atoms with van der Waals surface area (Å²) in [6.45, 7) is 1.56. The summed E-state index contributed by atoms with van der Waals surface area (Å²) >= 11 is 0. The summed E-state index contributed by atoms with van der Waals surface area (Å²) < 4.78 is 0. The average Bonchev–Trinajstić information content (AvgIpc) is 2.94. The molecule has 2 unspecified atom stereocenters. The molecular weight excluding hydrogens is 348 g/mol. The normalized spacial score (nSPS) is 24.2. The van der Waals surface area contributed by atoms with Crippen LogP contribution in [0.15, 0.2) is 60.7 Å². The highest BCUT2D eigenvalue weighted by Crippen LogP contribution is 2.39. The largest absolute Gasteiger partial charge is 0.465 e. The van der Waals surface area contributed by atoms with Gasteiger partial charge in [0.05, 0.1) is 0 Å². The molecule has 4 nitrogen and oxygen atoms in total. The molecule has 0 aliphatic carbocycles. The number of amides is 1. The van der Waals surface area contributed by atoms with Crippen LogP contribution in [0, 0.1) is 5.92 Å². The molecular formula is C24H30N2O2. The molecule has 2 aliphatic heterocycles. The molecule has 2 fully saturated rings. The molecule has 0 saturated carbocycles. The summed E-state index contributed by atoms with van der Waals surface area (Å²) in [6, 6.07) is 21.7. The van der Waals surface area contributed by atoms with Gasteiger partial charge in [0.1, 0.15) is 0 Å². The highest BCUT2D eigenvalue weighted by atomic mass is 16.4. The van der Waals surface area contributed by atoms with Gasteiger partial charge in [0.2, 0.25) is 0 Å². The van der Waals surface area contributed by atoms with E-state index in [9.17, 15) is 9.90 Å². The number of carbonyl (C=O) groups is 1. The number of fused-ring (bicyclic) bond motifs is 2. The van der Waals surface area contributed by atoms with Crippen LogP contribution in [0.5, 0.6) is 0 Å². The summed E-state index contributed by atoms with van der Waals surface area (Å²) in [5.41, 5.74) is 2.22. The fourth-order valence-corrected chi connectivity index (χ4v) is 5.22. The Labute approximate surface area is 167 Å². The first-order chi connectivity index (χ1) is 13.7. The standard InChI is InChI=1S/C24H30N2O2/c27-24(28)26(21-10-5-2-6-11-21)15-7-14-25-22-12-13-23(25)18-20(17-22)16-19-8-3-1-4-9-19/h1-6,8-11,20,22-23H,7,12-18H2,(H,27,28). The van der Waals surface area contributed by atoms with Gasteiger partial charge >= 0.3 is 6.09 Å². The Morgan fingerprint density at radius 1 is 0.964 bits per heavy atom. The van der Waals surface area contributed by atoms with Crippen LogP contribution in [-0.4, -0.2) is 41.3 Å². The van der Waals surface area contributed by atoms with E-state index in [1.807, 2.05) is 30.3 Å². The lowest BCUT2D eigenvalue weighted by Gasteiger charge is -2.39. The minimum Gasteiger partial charge on any atom is -0.465 e. The van der Waals surface area contributed by atoms with E-state index < -0.39 is 6.09 Å². The number of carboxylic acid groups (broad SMARTS) is 1. The van der Waals surface area contributed by atoms with Crippen LogP contribution in [0.2, 0.25) is 0 Å². The van der Waals surface area contributed by atoms with E-state index in [4.69, 9.17) is 0 Å². The quantitative estimate of drug-likeness (QED) is 0.733. The van der Waals surface area contributed by atoms with Crippen molar-refractivity contribution >= 4 is 11.8 Å². The van der Waals surface area contributed by atoms with E-state index in [0.29, 0.717) is 18.6 Å². The Hall–Kier alpha value is -2.33. The third-order valence-corrected chi connectivity index (χ3v) is 6.45. The van der Waals surface area contributed by atoms with Gasteiger partial charge in [-0.2, -0.15) is 0 Å². The summed E-state index contributed by atoms with van der Waals surface area (Å²) in [6.07, 6.45) is 6.39. The van der Waals surface area contributed by atoms with Crippen LogP contribution >= 0.6 is 0 Å². The van der Waals surface area contributed by atoms with Gasteiger partial charge in [0.25, 0.3) is 0 Å². The molecule has 2 aliphatic rings. The molecule has 28 heavy (non-hydrogen) atoms. The summed E-state index contributed by atoms with van der Waals surface area (Å²) in [5.74, 6) is 0.788. The van der Waals surface area contributed by atoms with E-state index in [1.54, 1.807) is 0 Å². The first kappa shape index (κ1) is 19.0. The summed E-state index contributed by atoms with van der Waals surface area (Å²) in [4.78, 5) is 15.8. The van der Waals surface area contributed by atoms with E-state index in [2.05, 4.69) is 35.2 Å². The number of hydrogen-bond donors (Lipinski definition) is 1. The highest BCUT2D eigenvalue weighted by molar-refractivity contribution is 5.85. The van der Waals surface area contributed by atoms with Gasteiger partial charge in [0.15, 0.2) is 0 Å². The van der Waals surface area contributed by atoms with Crippen LogP contribution in [-0.2, 0) is 6.42 Å². The van der Waals surface area contributed by atoms with Gasteiger partial charge in [-0.3, -0.25) is 9.80 Å². The van der Waals surface area contributed by atoms with Crippen molar-refractivity contribution in [3.8, 4) is 0 Å². The molecule has 2 saturated heterocycles. The fraction of sp³-hybridized carbons (Fsp3) is 0.458. The van der Waals surface area contributed by atoms with Crippen molar-refractivity contribution in [3.05, 3.63) is 66.2 Å². The molecule has 0 radical (unpaired) electrons. The first-order valence-electron chi connectivity index (χ1n) is 10.6. The maximum atomic E-state index is 11.7. The Kier molecular flexibility index (Phi) is 5.96. The minimum absolute atomic E-state index is 0.558. The first-order valence-corrected chi connectivity index (χ1v) is 10.6. The van der Waals surface area contributed by atoms with Crippen molar-refractivity contribution in [1.82, 2.24) is 4.90 Å². The third-order valence-electron chi connectivity index (χ3n) is 6.45. The Bertz CT molecular complexity index is 751. The number of piperidine rings is 1. The monoisotopic (exact) mass is 378 g/mol. The predicted molar refractivity (Wildman–Crippen MR) is 113 cm³/mol. The van der Waals surface area contributed by atoms with Crippen LogP contribution in [0.3, 0.4) is 0 Å². The molecule has 4 rings (SSSR count). The molecule has 0 aromatic heterocycles. The molecule has 2 bridgehead atoms. The van der Waals surface area contributed by atoms with Crippen molar-refractivity contribution in [3.63, 3.8) is 0 Å². The van der Waals surface area contributed by atoms with Crippen molar-refractivity contribution in [2.75, 3.05) is 18.0 Å². The topological polar surface area (TPSA) is 43.8 Å². The Morgan fingerprint density at radius 3 is 2.18 bits per heavy atom. The van der Waals surface area contributed by atoms with Gasteiger partial charge < -0.3 is 5.11 Å². The van der Waals surface area contributed by atoms with Gasteiger partial charge in [0, 0.05) is 30.9 Å². The zero-order valence-electron chi connectivity index (χ0n) is 16.4. The van der Waals surface area contributed by atoms with Gasteiger partial charge in [-0.25, -0.2) is 4.79 Å². The fourth-order valence-electron chi connectivity index (χ4n) is 5.22. The van der Waals surface area contributed by atoms with Crippen LogP contribution in [0.4, 0.5) is 10.5 Å². The van der Waals surface area contributed by atoms with E-state index >= 15 is 0 Å². The van der Waals surface area contributed by atoms with Crippen molar-refractivity contribution in [1.29, 1.82) is 0 Å². The zero-order valence-corrected chi connectivity index (χ0v) is 16.4. The number of nitrogens with zero attached hydrogens (tertiary/aromatic N) is 2. The minimum atomic E-state index is -0.865. The maximum absolute atomic E-state index is 11.7. The molecule has 2 aromatic carbocycles. The average molecular weight is 379 g/mol. The molecule has 2 heterocycles. The van der Waals surface area contributed by atoms with E-state index in [1.165, 1.54) is 42.6 Å². The molecule has 1 amide bonds. The Balaban J connectivity index is 1.30. The third kappa shape index (κ3) is 4.39. The second-order valence-electron chi connectivity index (χ2n) is 8.27. The van der Waals surface area contributed by atoms with Crippen LogP contribution < -0.4 is 4.90 Å². The van der Waals surface area contributed by atoms with Crippen LogP contribution in [0.25, 0.3) is 0 Å². The SMILES string of the molecule is O=C(O)N(CCCN1C2CCC1CC(Cc1ccccc1)C2)c1ccccc1. The van der Waals surface area contributed by atoms with E-state index in [0.717, 1.165) is 24.6 Å². The van der Waals surface area contributed by atoms with Crippen molar-refractivity contribution < 1.29 is 9.90 Å². The summed E-state index contributed by atoms with van der Waals surface area (Å²) in [7, 11) is 0. The van der Waals surface area contributed by atoms with Crippen molar-refractivity contribution in [2.24, 2.45) is 5.92 Å². The highest BCUT2D eigenvalue weighted by Gasteiger charge is 2.40. The van der Waals surface area contributed by atoms with Gasteiger partial charge in [-0.05, 0) is 62.1 Å². The van der Waals surface area contributed by atoms with Crippen LogP contribution in [0.1, 0.15) is 37.7 Å². The molecule has 4 heteroatoms. The smallest absolute Gasteiger partial charge is 0.411 e. The molecule has 0 spiro atoms. The number of hydrogen-bond acceptors (Lipinski definition) is 2. The second-order valence-corrected chi connectivity index (χ2v) is 8.27. The zero-order chi connectivity index (χ0) is 19.3. The summed E-state index contributed by atoms with van der Waals surface area (Å²) in [5, 5.41) is 9.57.